The van der Waals surface area contributed by atoms with Crippen LogP contribution in [0.15, 0.2) is 133 Å². The second-order valence-electron chi connectivity index (χ2n) is 9.93. The standard InChI is InChI=1S/C38H22/c1-2-10-25(11-3-1)22-23-28-14-6-13-26-15-8-20-32(35(26)28)37-30-18-5-4-12-29(30)24-34-31-19-7-16-27-17-9-21-33(36(27)31)38(34)37/h1-21,24H. The summed E-state index contributed by atoms with van der Waals surface area (Å²) in [5.74, 6) is 6.92. The molecule has 0 saturated heterocycles. The molecule has 8 rings (SSSR count). The SMILES string of the molecule is C(#Cc1cccc2cccc(-c3c4c(cc5ccccc35)-c3cccc5cccc-4c35)c12)c1ccccc1. The highest BCUT2D eigenvalue weighted by atomic mass is 14.3. The summed E-state index contributed by atoms with van der Waals surface area (Å²) in [6, 6.07) is 47.9. The van der Waals surface area contributed by atoms with Crippen molar-refractivity contribution in [3.63, 3.8) is 0 Å². The van der Waals surface area contributed by atoms with Gasteiger partial charge in [0.1, 0.15) is 0 Å². The molecule has 1 aliphatic rings. The van der Waals surface area contributed by atoms with E-state index in [4.69, 9.17) is 0 Å². The molecule has 38 heavy (non-hydrogen) atoms. The quantitative estimate of drug-likeness (QED) is 0.206. The Labute approximate surface area is 221 Å². The maximum atomic E-state index is 3.52. The van der Waals surface area contributed by atoms with Crippen LogP contribution in [0.5, 0.6) is 0 Å². The van der Waals surface area contributed by atoms with Gasteiger partial charge in [0.25, 0.3) is 0 Å². The molecule has 0 nitrogen and oxygen atoms in total. The molecule has 0 aromatic heterocycles. The van der Waals surface area contributed by atoms with Gasteiger partial charge in [0.05, 0.1) is 0 Å². The molecule has 0 unspecified atom stereocenters. The van der Waals surface area contributed by atoms with Gasteiger partial charge in [-0.25, -0.2) is 0 Å². The fourth-order valence-electron chi connectivity index (χ4n) is 6.21. The summed E-state index contributed by atoms with van der Waals surface area (Å²) in [7, 11) is 0. The lowest BCUT2D eigenvalue weighted by atomic mass is 9.85. The molecule has 0 fully saturated rings. The van der Waals surface area contributed by atoms with Crippen LogP contribution in [0.25, 0.3) is 65.7 Å². The van der Waals surface area contributed by atoms with Crippen molar-refractivity contribution in [2.24, 2.45) is 0 Å². The van der Waals surface area contributed by atoms with E-state index in [1.54, 1.807) is 0 Å². The van der Waals surface area contributed by atoms with Gasteiger partial charge in [-0.3, -0.25) is 0 Å². The first-order chi connectivity index (χ1) is 18.9. The van der Waals surface area contributed by atoms with Gasteiger partial charge in [0.2, 0.25) is 0 Å². The van der Waals surface area contributed by atoms with Gasteiger partial charge in [0, 0.05) is 16.5 Å². The number of fused-ring (bicyclic) bond motifs is 5. The van der Waals surface area contributed by atoms with E-state index in [0.29, 0.717) is 0 Å². The average Bonchev–Trinajstić information content (AvgIpc) is 3.30. The van der Waals surface area contributed by atoms with Crippen molar-refractivity contribution in [2.45, 2.75) is 0 Å². The lowest BCUT2D eigenvalue weighted by molar-refractivity contribution is 1.64. The topological polar surface area (TPSA) is 0 Å². The number of rotatable bonds is 1. The molecule has 0 bridgehead atoms. The maximum Gasteiger partial charge on any atom is 0.0333 e. The lowest BCUT2D eigenvalue weighted by Gasteiger charge is -2.17. The van der Waals surface area contributed by atoms with Crippen LogP contribution in [0, 0.1) is 11.8 Å². The number of benzene rings is 7. The summed E-state index contributed by atoms with van der Waals surface area (Å²) in [5, 5.41) is 7.59. The van der Waals surface area contributed by atoms with Crippen LogP contribution in [0.2, 0.25) is 0 Å². The second kappa shape index (κ2) is 8.20. The van der Waals surface area contributed by atoms with Crippen molar-refractivity contribution in [1.82, 2.24) is 0 Å². The Bertz CT molecular complexity index is 2110. The van der Waals surface area contributed by atoms with Gasteiger partial charge in [-0.2, -0.15) is 0 Å². The van der Waals surface area contributed by atoms with Crippen LogP contribution in [-0.4, -0.2) is 0 Å². The Morgan fingerprint density at radius 3 is 1.76 bits per heavy atom. The van der Waals surface area contributed by atoms with Gasteiger partial charge < -0.3 is 0 Å². The van der Waals surface area contributed by atoms with E-state index in [0.717, 1.165) is 11.1 Å². The van der Waals surface area contributed by atoms with Crippen LogP contribution in [0.4, 0.5) is 0 Å². The molecule has 0 radical (unpaired) electrons. The van der Waals surface area contributed by atoms with E-state index in [2.05, 4.69) is 127 Å². The molecule has 0 aliphatic heterocycles. The highest BCUT2D eigenvalue weighted by molar-refractivity contribution is 6.24. The molecule has 0 N–H and O–H groups in total. The largest absolute Gasteiger partial charge is 0.0622 e. The van der Waals surface area contributed by atoms with E-state index >= 15 is 0 Å². The third kappa shape index (κ3) is 3.06. The van der Waals surface area contributed by atoms with E-state index in [9.17, 15) is 0 Å². The highest BCUT2D eigenvalue weighted by Crippen LogP contribution is 2.54. The summed E-state index contributed by atoms with van der Waals surface area (Å²) >= 11 is 0. The van der Waals surface area contributed by atoms with Crippen molar-refractivity contribution in [3.8, 4) is 45.2 Å². The summed E-state index contributed by atoms with van der Waals surface area (Å²) in [6.07, 6.45) is 0. The molecule has 0 saturated carbocycles. The molecule has 174 valence electrons. The first-order valence-corrected chi connectivity index (χ1v) is 13.0. The third-order valence-corrected chi connectivity index (χ3v) is 7.80. The zero-order valence-electron chi connectivity index (χ0n) is 20.7. The zero-order chi connectivity index (χ0) is 25.1. The van der Waals surface area contributed by atoms with E-state index in [1.165, 1.54) is 65.7 Å². The minimum Gasteiger partial charge on any atom is -0.0622 e. The monoisotopic (exact) mass is 478 g/mol. The molecule has 0 heteroatoms. The Kier molecular flexibility index (Phi) is 4.54. The van der Waals surface area contributed by atoms with Gasteiger partial charge in [-0.15, -0.1) is 0 Å². The van der Waals surface area contributed by atoms with Crippen molar-refractivity contribution in [3.05, 3.63) is 145 Å². The summed E-state index contributed by atoms with van der Waals surface area (Å²) in [5.41, 5.74) is 9.89. The summed E-state index contributed by atoms with van der Waals surface area (Å²) < 4.78 is 0. The van der Waals surface area contributed by atoms with Crippen LogP contribution in [0.1, 0.15) is 11.1 Å². The Hall–Kier alpha value is -5.12. The zero-order valence-corrected chi connectivity index (χ0v) is 20.7. The molecular formula is C38H22. The minimum atomic E-state index is 1.02. The molecule has 7 aromatic rings. The molecule has 0 heterocycles. The predicted octanol–water partition coefficient (Wildman–Crippen LogP) is 9.86. The fourth-order valence-corrected chi connectivity index (χ4v) is 6.21. The van der Waals surface area contributed by atoms with Crippen LogP contribution >= 0.6 is 0 Å². The van der Waals surface area contributed by atoms with Gasteiger partial charge >= 0.3 is 0 Å². The van der Waals surface area contributed by atoms with E-state index < -0.39 is 0 Å². The first kappa shape index (κ1) is 21.0. The van der Waals surface area contributed by atoms with Gasteiger partial charge in [0.15, 0.2) is 0 Å². The van der Waals surface area contributed by atoms with Crippen molar-refractivity contribution >= 4 is 32.3 Å². The van der Waals surface area contributed by atoms with Crippen molar-refractivity contribution in [1.29, 1.82) is 0 Å². The Morgan fingerprint density at radius 1 is 0.368 bits per heavy atom. The normalized spacial score (nSPS) is 11.5. The fraction of sp³-hybridized carbons (Fsp3) is 0. The minimum absolute atomic E-state index is 1.02. The predicted molar refractivity (Wildman–Crippen MR) is 161 cm³/mol. The van der Waals surface area contributed by atoms with Crippen LogP contribution in [0.3, 0.4) is 0 Å². The molecule has 0 amide bonds. The van der Waals surface area contributed by atoms with Crippen LogP contribution < -0.4 is 0 Å². The summed E-state index contributed by atoms with van der Waals surface area (Å²) in [6.45, 7) is 0. The molecule has 7 aromatic carbocycles. The van der Waals surface area contributed by atoms with Crippen LogP contribution in [-0.2, 0) is 0 Å². The third-order valence-electron chi connectivity index (χ3n) is 7.80. The van der Waals surface area contributed by atoms with E-state index in [-0.39, 0.29) is 0 Å². The molecule has 0 atom stereocenters. The number of hydrogen-bond acceptors (Lipinski definition) is 0. The molecule has 0 spiro atoms. The molecule has 1 aliphatic carbocycles. The highest BCUT2D eigenvalue weighted by Gasteiger charge is 2.27. The molecular weight excluding hydrogens is 456 g/mol. The van der Waals surface area contributed by atoms with Gasteiger partial charge in [-0.1, -0.05) is 121 Å². The smallest absolute Gasteiger partial charge is 0.0333 e. The second-order valence-corrected chi connectivity index (χ2v) is 9.93. The first-order valence-electron chi connectivity index (χ1n) is 13.0. The maximum absolute atomic E-state index is 3.52. The van der Waals surface area contributed by atoms with Gasteiger partial charge in [-0.05, 0) is 84.6 Å². The van der Waals surface area contributed by atoms with Crippen molar-refractivity contribution in [2.75, 3.05) is 0 Å². The lowest BCUT2D eigenvalue weighted by Crippen LogP contribution is -1.92. The Morgan fingerprint density at radius 2 is 0.974 bits per heavy atom. The number of hydrogen-bond donors (Lipinski definition) is 0. The Balaban J connectivity index is 1.51. The van der Waals surface area contributed by atoms with E-state index in [1.807, 2.05) is 18.2 Å². The average molecular weight is 479 g/mol. The van der Waals surface area contributed by atoms with Crippen molar-refractivity contribution < 1.29 is 0 Å². The summed E-state index contributed by atoms with van der Waals surface area (Å²) in [4.78, 5) is 0.